The van der Waals surface area contributed by atoms with Crippen molar-refractivity contribution >= 4 is 11.8 Å². The van der Waals surface area contributed by atoms with Crippen LogP contribution in [0.25, 0.3) is 0 Å². The summed E-state index contributed by atoms with van der Waals surface area (Å²) in [7, 11) is 0. The number of esters is 1. The van der Waals surface area contributed by atoms with Crippen LogP contribution in [0.15, 0.2) is 36.0 Å². The molecule has 1 aliphatic heterocycles. The first-order valence-electron chi connectivity index (χ1n) is 4.89. The Hall–Kier alpha value is -2.37. The maximum Gasteiger partial charge on any atom is 0.308 e. The molecule has 0 fully saturated rings. The highest BCUT2D eigenvalue weighted by molar-refractivity contribution is 6.01. The number of carbonyl (C=O) groups is 2. The van der Waals surface area contributed by atoms with Crippen LogP contribution in [-0.2, 0) is 19.1 Å². The number of ether oxygens (including phenoxy) is 2. The second-order valence-corrected chi connectivity index (χ2v) is 3.40. The van der Waals surface area contributed by atoms with Gasteiger partial charge in [0.15, 0.2) is 0 Å². The molecule has 6 heteroatoms. The molecule has 2 heterocycles. The van der Waals surface area contributed by atoms with Crippen molar-refractivity contribution in [2.24, 2.45) is 5.73 Å². The number of pyridine rings is 1. The molecule has 0 amide bonds. The first kappa shape index (κ1) is 11.1. The number of carbonyl (C=O) groups excluding carboxylic acids is 2. The van der Waals surface area contributed by atoms with Gasteiger partial charge >= 0.3 is 5.97 Å². The molecule has 0 aliphatic carbocycles. The Morgan fingerprint density at radius 2 is 2.29 bits per heavy atom. The Kier molecular flexibility index (Phi) is 2.78. The van der Waals surface area contributed by atoms with E-state index in [1.54, 1.807) is 18.2 Å². The lowest BCUT2D eigenvalue weighted by Gasteiger charge is -2.07. The SMILES string of the molecule is CC(=O)OC1=C(N)OC(c2ccccn2)C1=O. The number of aromatic nitrogens is 1. The maximum absolute atomic E-state index is 11.9. The minimum absolute atomic E-state index is 0.194. The molecule has 6 nitrogen and oxygen atoms in total. The second-order valence-electron chi connectivity index (χ2n) is 3.40. The van der Waals surface area contributed by atoms with E-state index >= 15 is 0 Å². The summed E-state index contributed by atoms with van der Waals surface area (Å²) in [6.45, 7) is 1.18. The van der Waals surface area contributed by atoms with Gasteiger partial charge in [-0.3, -0.25) is 14.6 Å². The molecule has 2 rings (SSSR count). The number of rotatable bonds is 2. The zero-order valence-corrected chi connectivity index (χ0v) is 9.04. The fourth-order valence-corrected chi connectivity index (χ4v) is 1.44. The highest BCUT2D eigenvalue weighted by Gasteiger charge is 2.38. The summed E-state index contributed by atoms with van der Waals surface area (Å²) < 4.78 is 9.84. The number of Topliss-reactive ketones (excluding diaryl/α,β-unsaturated/α-hetero) is 1. The van der Waals surface area contributed by atoms with E-state index in [0.29, 0.717) is 5.69 Å². The molecular weight excluding hydrogens is 224 g/mol. The van der Waals surface area contributed by atoms with Gasteiger partial charge in [-0.2, -0.15) is 0 Å². The van der Waals surface area contributed by atoms with Gasteiger partial charge in [-0.15, -0.1) is 0 Å². The van der Waals surface area contributed by atoms with Gasteiger partial charge in [0, 0.05) is 13.1 Å². The molecule has 88 valence electrons. The van der Waals surface area contributed by atoms with Crippen molar-refractivity contribution in [3.8, 4) is 0 Å². The van der Waals surface area contributed by atoms with E-state index in [2.05, 4.69) is 4.98 Å². The highest BCUT2D eigenvalue weighted by atomic mass is 16.6. The minimum Gasteiger partial charge on any atom is -0.458 e. The number of hydrogen-bond donors (Lipinski definition) is 1. The van der Waals surface area contributed by atoms with Crippen LogP contribution in [0.5, 0.6) is 0 Å². The first-order valence-corrected chi connectivity index (χ1v) is 4.89. The molecule has 1 aliphatic rings. The average Bonchev–Trinajstić information content (AvgIpc) is 2.58. The third-order valence-corrected chi connectivity index (χ3v) is 2.13. The van der Waals surface area contributed by atoms with Crippen LogP contribution >= 0.6 is 0 Å². The van der Waals surface area contributed by atoms with Crippen LogP contribution in [-0.4, -0.2) is 16.7 Å². The summed E-state index contributed by atoms with van der Waals surface area (Å²) in [4.78, 5) is 26.7. The zero-order chi connectivity index (χ0) is 12.4. The number of hydrogen-bond acceptors (Lipinski definition) is 6. The van der Waals surface area contributed by atoms with Crippen molar-refractivity contribution in [3.63, 3.8) is 0 Å². The Morgan fingerprint density at radius 1 is 1.53 bits per heavy atom. The number of nitrogens with zero attached hydrogens (tertiary/aromatic N) is 1. The Morgan fingerprint density at radius 3 is 2.88 bits per heavy atom. The van der Waals surface area contributed by atoms with Crippen molar-refractivity contribution in [1.82, 2.24) is 4.98 Å². The average molecular weight is 234 g/mol. The molecule has 17 heavy (non-hydrogen) atoms. The predicted molar refractivity (Wildman–Crippen MR) is 56.0 cm³/mol. The highest BCUT2D eigenvalue weighted by Crippen LogP contribution is 2.30. The summed E-state index contributed by atoms with van der Waals surface area (Å²) >= 11 is 0. The van der Waals surface area contributed by atoms with Crippen molar-refractivity contribution in [2.75, 3.05) is 0 Å². The lowest BCUT2D eigenvalue weighted by Crippen LogP contribution is -2.14. The fourth-order valence-electron chi connectivity index (χ4n) is 1.44. The van der Waals surface area contributed by atoms with Crippen LogP contribution in [0.1, 0.15) is 18.7 Å². The normalized spacial score (nSPS) is 19.1. The van der Waals surface area contributed by atoms with E-state index in [-0.39, 0.29) is 11.6 Å². The number of nitrogens with two attached hydrogens (primary N) is 1. The molecule has 2 N–H and O–H groups in total. The van der Waals surface area contributed by atoms with Gasteiger partial charge in [0.1, 0.15) is 0 Å². The summed E-state index contributed by atoms with van der Waals surface area (Å²) in [5, 5.41) is 0. The molecule has 1 aromatic heterocycles. The minimum atomic E-state index is -0.939. The van der Waals surface area contributed by atoms with E-state index < -0.39 is 17.9 Å². The Balaban J connectivity index is 2.24. The van der Waals surface area contributed by atoms with Crippen molar-refractivity contribution in [2.45, 2.75) is 13.0 Å². The van der Waals surface area contributed by atoms with Crippen LogP contribution in [0.2, 0.25) is 0 Å². The van der Waals surface area contributed by atoms with Gasteiger partial charge in [-0.25, -0.2) is 0 Å². The topological polar surface area (TPSA) is 91.5 Å². The fraction of sp³-hybridized carbons (Fsp3) is 0.182. The van der Waals surface area contributed by atoms with Gasteiger partial charge in [0.2, 0.25) is 23.5 Å². The van der Waals surface area contributed by atoms with Gasteiger partial charge in [0.05, 0.1) is 5.69 Å². The van der Waals surface area contributed by atoms with E-state index in [4.69, 9.17) is 15.2 Å². The van der Waals surface area contributed by atoms with Gasteiger partial charge in [-0.05, 0) is 12.1 Å². The van der Waals surface area contributed by atoms with Crippen molar-refractivity contribution in [3.05, 3.63) is 41.7 Å². The lowest BCUT2D eigenvalue weighted by atomic mass is 10.1. The van der Waals surface area contributed by atoms with E-state index in [9.17, 15) is 9.59 Å². The van der Waals surface area contributed by atoms with Gasteiger partial charge in [-0.1, -0.05) is 6.07 Å². The molecule has 0 aromatic carbocycles. The molecule has 1 unspecified atom stereocenters. The van der Waals surface area contributed by atoms with E-state index in [1.165, 1.54) is 13.1 Å². The summed E-state index contributed by atoms with van der Waals surface area (Å²) in [5.41, 5.74) is 5.90. The quantitative estimate of drug-likeness (QED) is 0.745. The Labute approximate surface area is 97.0 Å². The molecule has 0 spiro atoms. The van der Waals surface area contributed by atoms with Crippen molar-refractivity contribution in [1.29, 1.82) is 0 Å². The summed E-state index contributed by atoms with van der Waals surface area (Å²) in [5.74, 6) is -1.58. The van der Waals surface area contributed by atoms with Crippen molar-refractivity contribution < 1.29 is 19.1 Å². The number of ketones is 1. The molecule has 0 saturated heterocycles. The third-order valence-electron chi connectivity index (χ3n) is 2.13. The Bertz CT molecular complexity index is 495. The second kappa shape index (κ2) is 4.25. The van der Waals surface area contributed by atoms with E-state index in [1.807, 2.05) is 0 Å². The summed E-state index contributed by atoms with van der Waals surface area (Å²) in [6, 6.07) is 5.07. The molecule has 0 bridgehead atoms. The third kappa shape index (κ3) is 2.10. The van der Waals surface area contributed by atoms with Crippen LogP contribution in [0.4, 0.5) is 0 Å². The molecular formula is C11H10N2O4. The maximum atomic E-state index is 11.9. The molecule has 0 saturated carbocycles. The first-order chi connectivity index (χ1) is 8.09. The standard InChI is InChI=1S/C11H10N2O4/c1-6(14)16-10-8(15)9(17-11(10)12)7-4-2-3-5-13-7/h2-5,9H,12H2,1H3. The van der Waals surface area contributed by atoms with Gasteiger partial charge < -0.3 is 15.2 Å². The largest absolute Gasteiger partial charge is 0.458 e. The van der Waals surface area contributed by atoms with Crippen LogP contribution < -0.4 is 5.73 Å². The summed E-state index contributed by atoms with van der Waals surface area (Å²) in [6.07, 6.45) is 0.594. The van der Waals surface area contributed by atoms with Crippen LogP contribution in [0, 0.1) is 0 Å². The smallest absolute Gasteiger partial charge is 0.308 e. The monoisotopic (exact) mass is 234 g/mol. The lowest BCUT2D eigenvalue weighted by molar-refractivity contribution is -0.140. The zero-order valence-electron chi connectivity index (χ0n) is 9.04. The van der Waals surface area contributed by atoms with Crippen LogP contribution in [0.3, 0.4) is 0 Å². The molecule has 1 atom stereocenters. The molecule has 0 radical (unpaired) electrons. The van der Waals surface area contributed by atoms with E-state index in [0.717, 1.165) is 0 Å². The molecule has 1 aromatic rings. The predicted octanol–water partition coefficient (Wildman–Crippen LogP) is 0.413. The van der Waals surface area contributed by atoms with Gasteiger partial charge in [0.25, 0.3) is 0 Å².